The summed E-state index contributed by atoms with van der Waals surface area (Å²) in [4.78, 5) is 25.9. The average Bonchev–Trinajstić information content (AvgIpc) is 3.00. The molecule has 4 nitrogen and oxygen atoms in total. The number of carbonyl (C=O) groups excluding carboxylic acids is 2. The van der Waals surface area contributed by atoms with Gasteiger partial charge in [0.15, 0.2) is 5.78 Å². The molecule has 0 saturated carbocycles. The zero-order chi connectivity index (χ0) is 17.5. The summed E-state index contributed by atoms with van der Waals surface area (Å²) in [6.07, 6.45) is 0.395. The fourth-order valence-corrected chi connectivity index (χ4v) is 3.47. The summed E-state index contributed by atoms with van der Waals surface area (Å²) in [5.41, 5.74) is 1.18. The highest BCUT2D eigenvalue weighted by molar-refractivity contribution is 7.18. The number of quaternary nitrogens is 1. The molecule has 0 spiro atoms. The summed E-state index contributed by atoms with van der Waals surface area (Å²) in [5, 5.41) is 2.94. The number of amides is 1. The maximum absolute atomic E-state index is 12.0. The first-order valence-corrected chi connectivity index (χ1v) is 9.07. The number of carbonyl (C=O) groups is 2. The number of benzene rings is 1. The third-order valence-corrected chi connectivity index (χ3v) is 5.10. The summed E-state index contributed by atoms with van der Waals surface area (Å²) in [6, 6.07) is 13.7. The minimum Gasteiger partial charge on any atom is -0.350 e. The molecule has 0 bridgehead atoms. The molecule has 1 amide bonds. The van der Waals surface area contributed by atoms with Crippen LogP contribution in [-0.2, 0) is 4.79 Å². The Bertz CT molecular complexity index is 685. The van der Waals surface area contributed by atoms with Crippen LogP contribution < -0.4 is 10.2 Å². The Hall–Kier alpha value is -1.69. The van der Waals surface area contributed by atoms with Gasteiger partial charge in [0.05, 0.1) is 29.9 Å². The lowest BCUT2D eigenvalue weighted by atomic mass is 10.1. The van der Waals surface area contributed by atoms with Gasteiger partial charge in [0.25, 0.3) is 0 Å². The molecule has 6 heteroatoms. The van der Waals surface area contributed by atoms with E-state index in [1.807, 2.05) is 18.2 Å². The summed E-state index contributed by atoms with van der Waals surface area (Å²) >= 11 is 7.07. The monoisotopic (exact) mass is 365 g/mol. The van der Waals surface area contributed by atoms with Gasteiger partial charge in [0.2, 0.25) is 5.91 Å². The lowest BCUT2D eigenvalue weighted by Gasteiger charge is -2.22. The van der Waals surface area contributed by atoms with Crippen LogP contribution in [0.5, 0.6) is 0 Å². The van der Waals surface area contributed by atoms with E-state index in [-0.39, 0.29) is 30.6 Å². The maximum atomic E-state index is 12.0. The average molecular weight is 366 g/mol. The molecule has 128 valence electrons. The molecule has 1 aromatic carbocycles. The van der Waals surface area contributed by atoms with Crippen molar-refractivity contribution in [2.75, 3.05) is 20.6 Å². The van der Waals surface area contributed by atoms with Crippen LogP contribution in [0.3, 0.4) is 0 Å². The van der Waals surface area contributed by atoms with Gasteiger partial charge in [-0.1, -0.05) is 41.9 Å². The van der Waals surface area contributed by atoms with Crippen molar-refractivity contribution >= 4 is 34.6 Å². The SMILES string of the molecule is C[NH+](C)[C@H](CNC(=O)CCC(=O)c1ccc(Cl)s1)c1ccccc1. The Labute approximate surface area is 151 Å². The van der Waals surface area contributed by atoms with Gasteiger partial charge < -0.3 is 10.2 Å². The van der Waals surface area contributed by atoms with Gasteiger partial charge >= 0.3 is 0 Å². The number of thiophene rings is 1. The predicted molar refractivity (Wildman–Crippen MR) is 97.9 cm³/mol. The van der Waals surface area contributed by atoms with E-state index in [0.717, 1.165) is 0 Å². The molecule has 0 aliphatic carbocycles. The molecule has 2 rings (SSSR count). The van der Waals surface area contributed by atoms with E-state index in [1.54, 1.807) is 12.1 Å². The quantitative estimate of drug-likeness (QED) is 0.705. The highest BCUT2D eigenvalue weighted by atomic mass is 35.5. The second-order valence-electron chi connectivity index (χ2n) is 5.87. The van der Waals surface area contributed by atoms with E-state index in [2.05, 4.69) is 31.5 Å². The summed E-state index contributed by atoms with van der Waals surface area (Å²) in [6.45, 7) is 0.546. The van der Waals surface area contributed by atoms with Crippen LogP contribution in [0.1, 0.15) is 34.1 Å². The lowest BCUT2D eigenvalue weighted by Crippen LogP contribution is -3.07. The van der Waals surface area contributed by atoms with Crippen molar-refractivity contribution in [1.29, 1.82) is 0 Å². The lowest BCUT2D eigenvalue weighted by molar-refractivity contribution is -0.890. The normalized spacial score (nSPS) is 12.2. The van der Waals surface area contributed by atoms with E-state index < -0.39 is 0 Å². The van der Waals surface area contributed by atoms with Crippen molar-refractivity contribution in [3.63, 3.8) is 0 Å². The molecule has 1 heterocycles. The molecule has 2 N–H and O–H groups in total. The Morgan fingerprint density at radius 3 is 2.42 bits per heavy atom. The molecular formula is C18H22ClN2O2S+. The third kappa shape index (κ3) is 5.44. The number of nitrogens with one attached hydrogen (secondary N) is 2. The Morgan fingerprint density at radius 1 is 1.12 bits per heavy atom. The topological polar surface area (TPSA) is 50.6 Å². The molecule has 1 aromatic heterocycles. The number of ketones is 1. The van der Waals surface area contributed by atoms with Crippen LogP contribution in [0.4, 0.5) is 0 Å². The number of likely N-dealkylation sites (N-methyl/N-ethyl adjacent to an activating group) is 1. The fraction of sp³-hybridized carbons (Fsp3) is 0.333. The van der Waals surface area contributed by atoms with Crippen LogP contribution in [0.25, 0.3) is 0 Å². The van der Waals surface area contributed by atoms with Crippen molar-refractivity contribution in [1.82, 2.24) is 5.32 Å². The summed E-state index contributed by atoms with van der Waals surface area (Å²) in [5.74, 6) is -0.145. The van der Waals surface area contributed by atoms with Crippen molar-refractivity contribution < 1.29 is 14.5 Å². The summed E-state index contributed by atoms with van der Waals surface area (Å²) < 4.78 is 0.586. The van der Waals surface area contributed by atoms with Crippen LogP contribution in [-0.4, -0.2) is 32.3 Å². The van der Waals surface area contributed by atoms with Gasteiger partial charge in [0, 0.05) is 18.4 Å². The largest absolute Gasteiger partial charge is 0.350 e. The molecule has 1 atom stereocenters. The first-order valence-electron chi connectivity index (χ1n) is 7.87. The summed E-state index contributed by atoms with van der Waals surface area (Å²) in [7, 11) is 4.13. The Morgan fingerprint density at radius 2 is 1.83 bits per heavy atom. The van der Waals surface area contributed by atoms with Crippen LogP contribution >= 0.6 is 22.9 Å². The molecule has 0 aliphatic heterocycles. The van der Waals surface area contributed by atoms with Gasteiger partial charge in [-0.3, -0.25) is 9.59 Å². The molecule has 0 unspecified atom stereocenters. The molecule has 0 fully saturated rings. The zero-order valence-electron chi connectivity index (χ0n) is 13.8. The van der Waals surface area contributed by atoms with Crippen LogP contribution in [0.15, 0.2) is 42.5 Å². The molecular weight excluding hydrogens is 344 g/mol. The molecule has 0 radical (unpaired) electrons. The maximum Gasteiger partial charge on any atom is 0.220 e. The van der Waals surface area contributed by atoms with E-state index in [0.29, 0.717) is 15.8 Å². The van der Waals surface area contributed by atoms with Crippen LogP contribution in [0, 0.1) is 0 Å². The van der Waals surface area contributed by atoms with Crippen molar-refractivity contribution in [3.8, 4) is 0 Å². The van der Waals surface area contributed by atoms with E-state index in [9.17, 15) is 9.59 Å². The number of hydrogen-bond acceptors (Lipinski definition) is 3. The van der Waals surface area contributed by atoms with Crippen molar-refractivity contribution in [2.24, 2.45) is 0 Å². The predicted octanol–water partition coefficient (Wildman–Crippen LogP) is 2.37. The van der Waals surface area contributed by atoms with Gasteiger partial charge in [0.1, 0.15) is 6.04 Å². The smallest absolute Gasteiger partial charge is 0.220 e. The van der Waals surface area contributed by atoms with E-state index >= 15 is 0 Å². The van der Waals surface area contributed by atoms with E-state index in [4.69, 9.17) is 11.6 Å². The molecule has 2 aromatic rings. The fourth-order valence-electron chi connectivity index (χ4n) is 2.46. The van der Waals surface area contributed by atoms with Gasteiger partial charge in [-0.2, -0.15) is 0 Å². The molecule has 0 saturated heterocycles. The van der Waals surface area contributed by atoms with Gasteiger partial charge in [-0.15, -0.1) is 11.3 Å². The first kappa shape index (κ1) is 18.6. The third-order valence-electron chi connectivity index (χ3n) is 3.83. The minimum absolute atomic E-state index is 0.0418. The van der Waals surface area contributed by atoms with Gasteiger partial charge in [-0.25, -0.2) is 0 Å². The Balaban J connectivity index is 1.82. The van der Waals surface area contributed by atoms with Crippen LogP contribution in [0.2, 0.25) is 4.34 Å². The standard InChI is InChI=1S/C18H21ClN2O2S/c1-21(2)14(13-6-4-3-5-7-13)12-20-18(23)11-8-15(22)16-9-10-17(19)24-16/h3-7,9-10,14H,8,11-12H2,1-2H3,(H,20,23)/p+1/t14-/m1/s1. The van der Waals surface area contributed by atoms with Crippen molar-refractivity contribution in [3.05, 3.63) is 57.2 Å². The van der Waals surface area contributed by atoms with Gasteiger partial charge in [-0.05, 0) is 12.1 Å². The minimum atomic E-state index is -0.104. The second kappa shape index (κ2) is 8.97. The number of Topliss-reactive ketones (excluding diaryl/α,β-unsaturated/α-hetero) is 1. The van der Waals surface area contributed by atoms with Crippen molar-refractivity contribution in [2.45, 2.75) is 18.9 Å². The second-order valence-corrected chi connectivity index (χ2v) is 7.59. The Kier molecular flexibility index (Phi) is 6.97. The number of rotatable bonds is 8. The zero-order valence-corrected chi connectivity index (χ0v) is 15.4. The number of hydrogen-bond donors (Lipinski definition) is 2. The number of halogens is 1. The van der Waals surface area contributed by atoms with E-state index in [1.165, 1.54) is 21.8 Å². The molecule has 24 heavy (non-hydrogen) atoms. The molecule has 0 aliphatic rings. The highest BCUT2D eigenvalue weighted by Crippen LogP contribution is 2.22. The highest BCUT2D eigenvalue weighted by Gasteiger charge is 2.19. The first-order chi connectivity index (χ1) is 11.5.